The molecule has 3 aliphatic heterocycles. The number of rotatable bonds is 1. The Morgan fingerprint density at radius 1 is 1.00 bits per heavy atom. The highest BCUT2D eigenvalue weighted by Crippen LogP contribution is 2.49. The van der Waals surface area contributed by atoms with Gasteiger partial charge in [0.2, 0.25) is 0 Å². The topological polar surface area (TPSA) is 64.6 Å². The minimum Gasteiger partial charge on any atom is -0.486 e. The smallest absolute Gasteiger partial charge is 0.330 e. The third-order valence-corrected chi connectivity index (χ3v) is 5.55. The van der Waals surface area contributed by atoms with Crippen LogP contribution in [0.25, 0.3) is 0 Å². The molecule has 0 aliphatic carbocycles. The molecular weight excluding hydrogens is 318 g/mol. The quantitative estimate of drug-likeness (QED) is 0.810. The van der Waals surface area contributed by atoms with Crippen molar-refractivity contribution >= 4 is 11.8 Å². The van der Waals surface area contributed by atoms with Gasteiger partial charge in [-0.3, -0.25) is 10.1 Å². The number of fused-ring (bicyclic) bond motifs is 3. The van der Waals surface area contributed by atoms with Crippen LogP contribution in [0.4, 0.5) is 0 Å². The summed E-state index contributed by atoms with van der Waals surface area (Å²) in [5.74, 6) is -0.218. The van der Waals surface area contributed by atoms with E-state index in [0.717, 1.165) is 5.56 Å². The summed E-state index contributed by atoms with van der Waals surface area (Å²) in [6.45, 7) is 0.343. The molecule has 0 aromatic heterocycles. The molecule has 0 amide bonds. The van der Waals surface area contributed by atoms with Gasteiger partial charge in [-0.05, 0) is 17.7 Å². The van der Waals surface area contributed by atoms with Crippen molar-refractivity contribution in [1.29, 1.82) is 0 Å². The fourth-order valence-corrected chi connectivity index (χ4v) is 4.36. The molecule has 5 rings (SSSR count). The number of para-hydroxylation sites is 1. The molecule has 25 heavy (non-hydrogen) atoms. The normalized spacial score (nSPS) is 32.9. The molecule has 5 heteroatoms. The van der Waals surface area contributed by atoms with Crippen LogP contribution in [0.1, 0.15) is 28.4 Å². The standard InChI is InChI=1S/C20H17NO4/c22-17-13-8-4-5-9-14(13)25-18-15(17)16(12-6-2-1-3-7-12)21-20(18)10-11-24-19(20)23/h1-9,15-16,18,21H,10-11H2/t15-,16+,18+,20+/m1/s1. The van der Waals surface area contributed by atoms with Crippen LogP contribution < -0.4 is 10.1 Å². The van der Waals surface area contributed by atoms with Crippen LogP contribution in [-0.4, -0.2) is 30.0 Å². The molecule has 0 bridgehead atoms. The summed E-state index contributed by atoms with van der Waals surface area (Å²) in [5.41, 5.74) is 0.592. The predicted octanol–water partition coefficient (Wildman–Crippen LogP) is 2.28. The summed E-state index contributed by atoms with van der Waals surface area (Å²) in [4.78, 5) is 25.8. The summed E-state index contributed by atoms with van der Waals surface area (Å²) in [5, 5.41) is 3.42. The molecule has 1 N–H and O–H groups in total. The number of carbonyl (C=O) groups excluding carboxylic acids is 2. The molecule has 0 radical (unpaired) electrons. The number of cyclic esters (lactones) is 1. The fourth-order valence-electron chi connectivity index (χ4n) is 4.36. The van der Waals surface area contributed by atoms with Crippen LogP contribution in [0, 0.1) is 5.92 Å². The zero-order valence-electron chi connectivity index (χ0n) is 13.5. The highest BCUT2D eigenvalue weighted by Gasteiger charge is 2.65. The maximum absolute atomic E-state index is 13.3. The number of benzene rings is 2. The predicted molar refractivity (Wildman–Crippen MR) is 89.3 cm³/mol. The molecule has 2 aromatic rings. The van der Waals surface area contributed by atoms with E-state index in [1.165, 1.54) is 0 Å². The van der Waals surface area contributed by atoms with Gasteiger partial charge in [-0.1, -0.05) is 42.5 Å². The second kappa shape index (κ2) is 5.17. The largest absolute Gasteiger partial charge is 0.486 e. The van der Waals surface area contributed by atoms with Crippen molar-refractivity contribution in [2.75, 3.05) is 6.61 Å². The first-order chi connectivity index (χ1) is 12.2. The Bertz CT molecular complexity index is 865. The number of ether oxygens (including phenoxy) is 2. The molecule has 3 aliphatic rings. The van der Waals surface area contributed by atoms with Crippen molar-refractivity contribution in [1.82, 2.24) is 5.32 Å². The number of nitrogens with one attached hydrogen (secondary N) is 1. The molecule has 2 aromatic carbocycles. The summed E-state index contributed by atoms with van der Waals surface area (Å²) in [6.07, 6.45) is -0.0544. The zero-order chi connectivity index (χ0) is 17.0. The van der Waals surface area contributed by atoms with Gasteiger partial charge in [0.25, 0.3) is 0 Å². The molecule has 4 atom stereocenters. The molecule has 0 saturated carbocycles. The van der Waals surface area contributed by atoms with Gasteiger partial charge in [0, 0.05) is 12.5 Å². The third kappa shape index (κ3) is 1.93. The van der Waals surface area contributed by atoms with Gasteiger partial charge >= 0.3 is 5.97 Å². The van der Waals surface area contributed by atoms with Crippen molar-refractivity contribution in [3.05, 3.63) is 65.7 Å². The van der Waals surface area contributed by atoms with Gasteiger partial charge in [-0.2, -0.15) is 0 Å². The van der Waals surface area contributed by atoms with Gasteiger partial charge in [0.1, 0.15) is 11.9 Å². The summed E-state index contributed by atoms with van der Waals surface area (Å²) >= 11 is 0. The maximum atomic E-state index is 13.3. The van der Waals surface area contributed by atoms with Gasteiger partial charge in [-0.15, -0.1) is 0 Å². The van der Waals surface area contributed by atoms with E-state index in [4.69, 9.17) is 9.47 Å². The first-order valence-corrected chi connectivity index (χ1v) is 8.50. The number of esters is 1. The molecule has 0 unspecified atom stereocenters. The second-order valence-electron chi connectivity index (χ2n) is 6.81. The Kier molecular flexibility index (Phi) is 3.03. The lowest BCUT2D eigenvalue weighted by molar-refractivity contribution is -0.145. The average Bonchev–Trinajstić information content (AvgIpc) is 3.18. The van der Waals surface area contributed by atoms with Crippen LogP contribution in [0.5, 0.6) is 5.75 Å². The molecular formula is C20H17NO4. The van der Waals surface area contributed by atoms with Crippen LogP contribution in [0.2, 0.25) is 0 Å². The van der Waals surface area contributed by atoms with E-state index in [-0.39, 0.29) is 17.8 Å². The van der Waals surface area contributed by atoms with Gasteiger partial charge in [0.15, 0.2) is 11.3 Å². The van der Waals surface area contributed by atoms with E-state index in [1.54, 1.807) is 12.1 Å². The molecule has 2 saturated heterocycles. The molecule has 5 nitrogen and oxygen atoms in total. The Morgan fingerprint density at radius 2 is 1.76 bits per heavy atom. The highest BCUT2D eigenvalue weighted by atomic mass is 16.6. The molecule has 3 heterocycles. The number of hydrogen-bond donors (Lipinski definition) is 1. The van der Waals surface area contributed by atoms with E-state index in [2.05, 4.69) is 5.32 Å². The monoisotopic (exact) mass is 335 g/mol. The van der Waals surface area contributed by atoms with E-state index >= 15 is 0 Å². The van der Waals surface area contributed by atoms with Gasteiger partial charge < -0.3 is 9.47 Å². The summed E-state index contributed by atoms with van der Waals surface area (Å²) < 4.78 is 11.5. The van der Waals surface area contributed by atoms with E-state index in [0.29, 0.717) is 24.3 Å². The second-order valence-corrected chi connectivity index (χ2v) is 6.81. The van der Waals surface area contributed by atoms with Crippen LogP contribution in [0.15, 0.2) is 54.6 Å². The highest BCUT2D eigenvalue weighted by molar-refractivity contribution is 6.04. The SMILES string of the molecule is O=C1c2ccccc2O[C@H]2[C@@H]1[C@H](c1ccccc1)N[C@@]21CCOC1=O. The van der Waals surface area contributed by atoms with Crippen LogP contribution in [0.3, 0.4) is 0 Å². The lowest BCUT2D eigenvalue weighted by Gasteiger charge is -2.33. The summed E-state index contributed by atoms with van der Waals surface area (Å²) in [6, 6.07) is 16.7. The molecule has 2 fully saturated rings. The van der Waals surface area contributed by atoms with Gasteiger partial charge in [0.05, 0.1) is 18.1 Å². The Balaban J connectivity index is 1.67. The first kappa shape index (κ1) is 14.7. The first-order valence-electron chi connectivity index (χ1n) is 8.50. The Hall–Kier alpha value is -2.66. The van der Waals surface area contributed by atoms with Crippen molar-refractivity contribution < 1.29 is 19.1 Å². The lowest BCUT2D eigenvalue weighted by atomic mass is 9.79. The molecule has 1 spiro atoms. The maximum Gasteiger partial charge on any atom is 0.330 e. The average molecular weight is 335 g/mol. The number of carbonyl (C=O) groups is 2. The van der Waals surface area contributed by atoms with E-state index in [9.17, 15) is 9.59 Å². The van der Waals surface area contributed by atoms with Crippen molar-refractivity contribution in [2.24, 2.45) is 5.92 Å². The van der Waals surface area contributed by atoms with Crippen LogP contribution >= 0.6 is 0 Å². The minimum absolute atomic E-state index is 0.0183. The third-order valence-electron chi connectivity index (χ3n) is 5.55. The van der Waals surface area contributed by atoms with Crippen LogP contribution in [-0.2, 0) is 9.53 Å². The zero-order valence-corrected chi connectivity index (χ0v) is 13.5. The van der Waals surface area contributed by atoms with E-state index < -0.39 is 17.6 Å². The minimum atomic E-state index is -0.964. The van der Waals surface area contributed by atoms with E-state index in [1.807, 2.05) is 42.5 Å². The number of hydrogen-bond acceptors (Lipinski definition) is 5. The van der Waals surface area contributed by atoms with Crippen molar-refractivity contribution in [2.45, 2.75) is 24.1 Å². The number of ketones is 1. The fraction of sp³-hybridized carbons (Fsp3) is 0.300. The van der Waals surface area contributed by atoms with Crippen molar-refractivity contribution in [3.8, 4) is 5.75 Å². The Labute approximate surface area is 144 Å². The number of Topliss-reactive ketones (excluding diaryl/α,β-unsaturated/α-hetero) is 1. The Morgan fingerprint density at radius 3 is 2.52 bits per heavy atom. The molecule has 126 valence electrons. The lowest BCUT2D eigenvalue weighted by Crippen LogP contribution is -2.56. The summed E-state index contributed by atoms with van der Waals surface area (Å²) in [7, 11) is 0. The van der Waals surface area contributed by atoms with Crippen molar-refractivity contribution in [3.63, 3.8) is 0 Å². The van der Waals surface area contributed by atoms with Gasteiger partial charge in [-0.25, -0.2) is 4.79 Å².